The topological polar surface area (TPSA) is 15.3 Å². The minimum atomic E-state index is -0.0415. The number of aryl methyl sites for hydroxylation is 1. The highest BCUT2D eigenvalue weighted by molar-refractivity contribution is 9.10. The van der Waals surface area contributed by atoms with Crippen molar-refractivity contribution in [2.45, 2.75) is 32.7 Å². The Balaban J connectivity index is 2.32. The number of rotatable bonds is 4. The molecule has 0 amide bonds. The second-order valence-electron chi connectivity index (χ2n) is 5.22. The van der Waals surface area contributed by atoms with E-state index in [4.69, 9.17) is 0 Å². The standard InChI is InChI=1S/C15H22BrFN2/c1-3-4-14(19-7-5-18-6-8-19)13-10-12(16)9-11(2)15(13)17/h9-10,14,18H,3-8H2,1-2H3/t14-/m0/s1. The molecule has 2 rings (SSSR count). The van der Waals surface area contributed by atoms with Crippen molar-refractivity contribution in [3.05, 3.63) is 33.5 Å². The maximum absolute atomic E-state index is 14.4. The second kappa shape index (κ2) is 6.82. The molecule has 0 spiro atoms. The van der Waals surface area contributed by atoms with Gasteiger partial charge in [0.05, 0.1) is 0 Å². The van der Waals surface area contributed by atoms with Crippen LogP contribution < -0.4 is 5.32 Å². The molecule has 1 saturated heterocycles. The van der Waals surface area contributed by atoms with Gasteiger partial charge >= 0.3 is 0 Å². The zero-order chi connectivity index (χ0) is 13.8. The Kier molecular flexibility index (Phi) is 5.37. The summed E-state index contributed by atoms with van der Waals surface area (Å²) in [6, 6.07) is 3.99. The summed E-state index contributed by atoms with van der Waals surface area (Å²) >= 11 is 3.49. The second-order valence-corrected chi connectivity index (χ2v) is 6.13. The van der Waals surface area contributed by atoms with E-state index in [1.165, 1.54) is 0 Å². The molecule has 1 fully saturated rings. The summed E-state index contributed by atoms with van der Waals surface area (Å²) in [4.78, 5) is 2.41. The Morgan fingerprint density at radius 1 is 1.37 bits per heavy atom. The van der Waals surface area contributed by atoms with Crippen LogP contribution in [0.15, 0.2) is 16.6 Å². The monoisotopic (exact) mass is 328 g/mol. The molecule has 1 aliphatic rings. The molecule has 4 heteroatoms. The minimum absolute atomic E-state index is 0.0415. The van der Waals surface area contributed by atoms with Crippen molar-refractivity contribution in [3.8, 4) is 0 Å². The SMILES string of the molecule is CCC[C@@H](c1cc(Br)cc(C)c1F)N1CCNCC1. The van der Waals surface area contributed by atoms with Crippen molar-refractivity contribution < 1.29 is 4.39 Å². The zero-order valence-electron chi connectivity index (χ0n) is 11.7. The molecule has 0 unspecified atom stereocenters. The van der Waals surface area contributed by atoms with Gasteiger partial charge in [0.15, 0.2) is 0 Å². The summed E-state index contributed by atoms with van der Waals surface area (Å²) < 4.78 is 15.4. The lowest BCUT2D eigenvalue weighted by Crippen LogP contribution is -2.45. The van der Waals surface area contributed by atoms with Crippen molar-refractivity contribution >= 4 is 15.9 Å². The highest BCUT2D eigenvalue weighted by Crippen LogP contribution is 2.31. The van der Waals surface area contributed by atoms with Crippen molar-refractivity contribution in [2.24, 2.45) is 0 Å². The maximum atomic E-state index is 14.4. The lowest BCUT2D eigenvalue weighted by molar-refractivity contribution is 0.161. The molecule has 0 radical (unpaired) electrons. The normalized spacial score (nSPS) is 18.5. The van der Waals surface area contributed by atoms with Crippen LogP contribution in [0.2, 0.25) is 0 Å². The Hall–Kier alpha value is -0.450. The third kappa shape index (κ3) is 3.56. The van der Waals surface area contributed by atoms with Gasteiger partial charge in [-0.2, -0.15) is 0 Å². The van der Waals surface area contributed by atoms with Gasteiger partial charge in [-0.1, -0.05) is 29.3 Å². The van der Waals surface area contributed by atoms with Gasteiger partial charge in [-0.3, -0.25) is 4.90 Å². The highest BCUT2D eigenvalue weighted by atomic mass is 79.9. The fourth-order valence-corrected chi connectivity index (χ4v) is 3.39. The summed E-state index contributed by atoms with van der Waals surface area (Å²) in [6.07, 6.45) is 2.08. The lowest BCUT2D eigenvalue weighted by atomic mass is 9.97. The minimum Gasteiger partial charge on any atom is -0.314 e. The quantitative estimate of drug-likeness (QED) is 0.907. The van der Waals surface area contributed by atoms with Gasteiger partial charge in [-0.05, 0) is 31.0 Å². The lowest BCUT2D eigenvalue weighted by Gasteiger charge is -2.35. The first-order valence-electron chi connectivity index (χ1n) is 7.03. The Morgan fingerprint density at radius 3 is 2.68 bits per heavy atom. The van der Waals surface area contributed by atoms with Gasteiger partial charge in [-0.25, -0.2) is 4.39 Å². The number of benzene rings is 1. The fraction of sp³-hybridized carbons (Fsp3) is 0.600. The van der Waals surface area contributed by atoms with Crippen LogP contribution in [0, 0.1) is 12.7 Å². The van der Waals surface area contributed by atoms with Crippen LogP contribution in [0.1, 0.15) is 36.9 Å². The largest absolute Gasteiger partial charge is 0.314 e. The summed E-state index contributed by atoms with van der Waals surface area (Å²) in [6.45, 7) is 7.98. The predicted octanol–water partition coefficient (Wildman–Crippen LogP) is 3.64. The smallest absolute Gasteiger partial charge is 0.130 e. The van der Waals surface area contributed by atoms with Crippen LogP contribution in [-0.2, 0) is 0 Å². The Labute approximate surface area is 123 Å². The van der Waals surface area contributed by atoms with Crippen molar-refractivity contribution in [3.63, 3.8) is 0 Å². The summed E-state index contributed by atoms with van der Waals surface area (Å²) in [5, 5.41) is 3.36. The first-order valence-corrected chi connectivity index (χ1v) is 7.83. The predicted molar refractivity (Wildman–Crippen MR) is 80.9 cm³/mol. The average molecular weight is 329 g/mol. The first-order chi connectivity index (χ1) is 9.13. The molecule has 0 aliphatic carbocycles. The first kappa shape index (κ1) is 14.9. The number of nitrogens with one attached hydrogen (secondary N) is 1. The van der Waals surface area contributed by atoms with Crippen molar-refractivity contribution in [1.29, 1.82) is 0 Å². The molecule has 0 aromatic heterocycles. The van der Waals surface area contributed by atoms with Crippen LogP contribution >= 0.6 is 15.9 Å². The zero-order valence-corrected chi connectivity index (χ0v) is 13.3. The van der Waals surface area contributed by atoms with E-state index >= 15 is 0 Å². The third-order valence-corrected chi connectivity index (χ3v) is 4.22. The number of piperazine rings is 1. The summed E-state index contributed by atoms with van der Waals surface area (Å²) in [5.74, 6) is -0.0415. The van der Waals surface area contributed by atoms with E-state index < -0.39 is 0 Å². The van der Waals surface area contributed by atoms with Crippen LogP contribution in [0.3, 0.4) is 0 Å². The van der Waals surface area contributed by atoms with Crippen LogP contribution in [0.25, 0.3) is 0 Å². The molecule has 106 valence electrons. The fourth-order valence-electron chi connectivity index (χ4n) is 2.80. The third-order valence-electron chi connectivity index (χ3n) is 3.76. The van der Waals surface area contributed by atoms with Crippen LogP contribution in [0.4, 0.5) is 4.39 Å². The van der Waals surface area contributed by atoms with Crippen molar-refractivity contribution in [1.82, 2.24) is 10.2 Å². The van der Waals surface area contributed by atoms with E-state index in [2.05, 4.69) is 33.1 Å². The van der Waals surface area contributed by atoms with E-state index in [0.717, 1.165) is 54.6 Å². The number of nitrogens with zero attached hydrogens (tertiary/aromatic N) is 1. The molecule has 1 N–H and O–H groups in total. The van der Waals surface area contributed by atoms with Crippen LogP contribution in [-0.4, -0.2) is 31.1 Å². The summed E-state index contributed by atoms with van der Waals surface area (Å²) in [5.41, 5.74) is 1.57. The average Bonchev–Trinajstić information content (AvgIpc) is 2.41. The van der Waals surface area contributed by atoms with E-state index in [-0.39, 0.29) is 11.9 Å². The van der Waals surface area contributed by atoms with E-state index in [1.54, 1.807) is 0 Å². The Morgan fingerprint density at radius 2 is 2.05 bits per heavy atom. The molecule has 2 nitrogen and oxygen atoms in total. The molecule has 1 aromatic rings. The van der Waals surface area contributed by atoms with Gasteiger partial charge in [0.2, 0.25) is 0 Å². The van der Waals surface area contributed by atoms with Gasteiger partial charge in [-0.15, -0.1) is 0 Å². The summed E-state index contributed by atoms with van der Waals surface area (Å²) in [7, 11) is 0. The number of hydrogen-bond acceptors (Lipinski definition) is 2. The highest BCUT2D eigenvalue weighted by Gasteiger charge is 2.24. The molecule has 1 aliphatic heterocycles. The number of halogens is 2. The van der Waals surface area contributed by atoms with Crippen molar-refractivity contribution in [2.75, 3.05) is 26.2 Å². The van der Waals surface area contributed by atoms with Gasteiger partial charge in [0.1, 0.15) is 5.82 Å². The Bertz CT molecular complexity index is 430. The van der Waals surface area contributed by atoms with E-state index in [9.17, 15) is 4.39 Å². The van der Waals surface area contributed by atoms with Gasteiger partial charge in [0, 0.05) is 42.3 Å². The molecular formula is C15H22BrFN2. The van der Waals surface area contributed by atoms with Gasteiger partial charge in [0.25, 0.3) is 0 Å². The van der Waals surface area contributed by atoms with Gasteiger partial charge < -0.3 is 5.32 Å². The molecule has 0 bridgehead atoms. The molecule has 0 saturated carbocycles. The molecule has 1 heterocycles. The van der Waals surface area contributed by atoms with E-state index in [0.29, 0.717) is 0 Å². The molecule has 1 aromatic carbocycles. The van der Waals surface area contributed by atoms with Crippen LogP contribution in [0.5, 0.6) is 0 Å². The molecule has 1 atom stereocenters. The molecular weight excluding hydrogens is 307 g/mol. The maximum Gasteiger partial charge on any atom is 0.130 e. The number of hydrogen-bond donors (Lipinski definition) is 1. The van der Waals surface area contributed by atoms with E-state index in [1.807, 2.05) is 19.1 Å². The molecule has 19 heavy (non-hydrogen) atoms.